The quantitative estimate of drug-likeness (QED) is 0.286. The Morgan fingerprint density at radius 2 is 1.70 bits per heavy atom. The van der Waals surface area contributed by atoms with Gasteiger partial charge in [-0.1, -0.05) is 53.7 Å². The van der Waals surface area contributed by atoms with Crippen molar-refractivity contribution in [3.63, 3.8) is 0 Å². The molecule has 0 atom stereocenters. The maximum absolute atomic E-state index is 13.5. The van der Waals surface area contributed by atoms with E-state index in [-0.39, 0.29) is 11.1 Å². The van der Waals surface area contributed by atoms with Crippen LogP contribution in [0.3, 0.4) is 0 Å². The fourth-order valence-corrected chi connectivity index (χ4v) is 4.86. The van der Waals surface area contributed by atoms with E-state index in [0.29, 0.717) is 49.2 Å². The summed E-state index contributed by atoms with van der Waals surface area (Å²) in [6.07, 6.45) is 0. The predicted octanol–water partition coefficient (Wildman–Crippen LogP) is 5.18. The van der Waals surface area contributed by atoms with Crippen molar-refractivity contribution in [1.29, 1.82) is 0 Å². The van der Waals surface area contributed by atoms with Gasteiger partial charge in [0.25, 0.3) is 11.1 Å². The highest BCUT2D eigenvalue weighted by Gasteiger charge is 2.17. The molecule has 0 saturated carbocycles. The van der Waals surface area contributed by atoms with Crippen LogP contribution in [0.4, 0.5) is 0 Å². The van der Waals surface area contributed by atoms with Crippen LogP contribution in [0.2, 0.25) is 5.02 Å². The first kappa shape index (κ1) is 21.4. The number of nitrogens with zero attached hydrogens (tertiary/aromatic N) is 3. The fraction of sp³-hybridized carbons (Fsp3) is 0.120. The monoisotopic (exact) mass is 474 g/mol. The van der Waals surface area contributed by atoms with E-state index in [0.717, 1.165) is 11.1 Å². The number of hydrogen-bond acceptors (Lipinski definition) is 5. The molecule has 0 spiro atoms. The van der Waals surface area contributed by atoms with E-state index in [1.54, 1.807) is 22.8 Å². The molecule has 1 N–H and O–H groups in total. The summed E-state index contributed by atoms with van der Waals surface area (Å²) >= 11 is 7.69. The molecule has 6 nitrogen and oxygen atoms in total. The van der Waals surface area contributed by atoms with Gasteiger partial charge in [0.2, 0.25) is 0 Å². The molecule has 8 heteroatoms. The summed E-state index contributed by atoms with van der Waals surface area (Å²) in [5.41, 5.74) is 3.30. The van der Waals surface area contributed by atoms with Crippen molar-refractivity contribution in [2.75, 3.05) is 0 Å². The zero-order chi connectivity index (χ0) is 23.1. The lowest BCUT2D eigenvalue weighted by Gasteiger charge is -2.15. The van der Waals surface area contributed by atoms with Gasteiger partial charge >= 0.3 is 0 Å². The smallest absolute Gasteiger partial charge is 0.266 e. The zero-order valence-corrected chi connectivity index (χ0v) is 19.5. The second kappa shape index (κ2) is 8.50. The highest BCUT2D eigenvalue weighted by Crippen LogP contribution is 2.28. The average Bonchev–Trinajstić information content (AvgIpc) is 2.81. The summed E-state index contributed by atoms with van der Waals surface area (Å²) in [7, 11) is 0. The Balaban J connectivity index is 1.65. The van der Waals surface area contributed by atoms with Crippen molar-refractivity contribution >= 4 is 45.2 Å². The highest BCUT2D eigenvalue weighted by molar-refractivity contribution is 7.98. The number of aromatic nitrogens is 4. The van der Waals surface area contributed by atoms with Crippen LogP contribution in [0.25, 0.3) is 27.5 Å². The minimum absolute atomic E-state index is 0.177. The van der Waals surface area contributed by atoms with Gasteiger partial charge in [0.1, 0.15) is 5.82 Å². The molecule has 5 rings (SSSR count). The minimum atomic E-state index is -0.186. The van der Waals surface area contributed by atoms with Crippen molar-refractivity contribution in [2.24, 2.45) is 0 Å². The van der Waals surface area contributed by atoms with Crippen molar-refractivity contribution in [3.8, 4) is 5.69 Å². The van der Waals surface area contributed by atoms with Gasteiger partial charge in [-0.15, -0.1) is 0 Å². The summed E-state index contributed by atoms with van der Waals surface area (Å²) in [4.78, 5) is 38.3. The van der Waals surface area contributed by atoms with Gasteiger partial charge in [-0.3, -0.25) is 14.2 Å². The molecule has 0 saturated heterocycles. The molecule has 0 aliphatic rings. The Morgan fingerprint density at radius 1 is 0.939 bits per heavy atom. The van der Waals surface area contributed by atoms with E-state index in [4.69, 9.17) is 16.6 Å². The second-order valence-electron chi connectivity index (χ2n) is 7.71. The van der Waals surface area contributed by atoms with Gasteiger partial charge in [-0.2, -0.15) is 0 Å². The first-order valence-electron chi connectivity index (χ1n) is 10.3. The number of halogens is 1. The Bertz CT molecular complexity index is 1660. The molecule has 164 valence electrons. The lowest BCUT2D eigenvalue weighted by molar-refractivity contribution is 0.813. The molecule has 5 aromatic rings. The van der Waals surface area contributed by atoms with Gasteiger partial charge < -0.3 is 4.98 Å². The molecule has 2 aromatic heterocycles. The van der Waals surface area contributed by atoms with E-state index >= 15 is 0 Å². The first-order chi connectivity index (χ1) is 15.9. The molecule has 33 heavy (non-hydrogen) atoms. The van der Waals surface area contributed by atoms with Crippen molar-refractivity contribution in [3.05, 3.63) is 103 Å². The predicted molar refractivity (Wildman–Crippen MR) is 134 cm³/mol. The van der Waals surface area contributed by atoms with Gasteiger partial charge in [0.05, 0.1) is 33.2 Å². The maximum atomic E-state index is 13.5. The van der Waals surface area contributed by atoms with Crippen molar-refractivity contribution in [2.45, 2.75) is 24.8 Å². The van der Waals surface area contributed by atoms with Gasteiger partial charge in [-0.25, -0.2) is 9.97 Å². The molecular weight excluding hydrogens is 456 g/mol. The molecule has 3 aromatic carbocycles. The fourth-order valence-electron chi connectivity index (χ4n) is 3.81. The highest BCUT2D eigenvalue weighted by atomic mass is 35.5. The van der Waals surface area contributed by atoms with Crippen LogP contribution in [0.5, 0.6) is 0 Å². The number of hydrogen-bond donors (Lipinski definition) is 1. The molecule has 0 bridgehead atoms. The summed E-state index contributed by atoms with van der Waals surface area (Å²) in [5, 5.41) is 2.14. The lowest BCUT2D eigenvalue weighted by Crippen LogP contribution is -2.22. The van der Waals surface area contributed by atoms with Crippen LogP contribution in [0.15, 0.2) is 75.4 Å². The summed E-state index contributed by atoms with van der Waals surface area (Å²) in [5.74, 6) is 0.854. The molecule has 0 amide bonds. The Kier molecular flexibility index (Phi) is 5.52. The topological polar surface area (TPSA) is 80.6 Å². The standard InChI is InChI=1S/C25H19ClN4O2S/c1-14-7-5-9-17-22(14)28-21(29-23(17)31)13-33-25-27-19-11-4-3-8-16(19)24(32)30(25)20-12-6-10-18(26)15(20)2/h3-12H,13H2,1-2H3,(H,28,29,31). The maximum Gasteiger partial charge on any atom is 0.266 e. The van der Waals surface area contributed by atoms with E-state index in [1.807, 2.05) is 56.3 Å². The first-order valence-corrected chi connectivity index (χ1v) is 11.7. The van der Waals surface area contributed by atoms with Gasteiger partial charge in [0, 0.05) is 5.02 Å². The number of para-hydroxylation sites is 2. The molecule has 0 unspecified atom stereocenters. The van der Waals surface area contributed by atoms with E-state index in [9.17, 15) is 9.59 Å². The van der Waals surface area contributed by atoms with E-state index in [1.165, 1.54) is 11.8 Å². The van der Waals surface area contributed by atoms with E-state index < -0.39 is 0 Å². The number of rotatable bonds is 4. The number of H-pyrrole nitrogens is 1. The number of benzene rings is 3. The molecular formula is C25H19ClN4O2S. The molecule has 0 fully saturated rings. The molecule has 0 aliphatic carbocycles. The summed E-state index contributed by atoms with van der Waals surface area (Å²) in [6, 6.07) is 18.2. The average molecular weight is 475 g/mol. The Morgan fingerprint density at radius 3 is 2.55 bits per heavy atom. The molecule has 2 heterocycles. The van der Waals surface area contributed by atoms with Crippen LogP contribution in [0, 0.1) is 13.8 Å². The number of thioether (sulfide) groups is 1. The second-order valence-corrected chi connectivity index (χ2v) is 9.06. The third-order valence-electron chi connectivity index (χ3n) is 5.55. The zero-order valence-electron chi connectivity index (χ0n) is 17.9. The largest absolute Gasteiger partial charge is 0.309 e. The number of aryl methyl sites for hydroxylation is 1. The number of fused-ring (bicyclic) bond motifs is 2. The SMILES string of the molecule is Cc1c(Cl)cccc1-n1c(SCc2nc3c(C)cccc3c(=O)[nH]2)nc2ccccc2c1=O. The van der Waals surface area contributed by atoms with Gasteiger partial charge in [-0.05, 0) is 55.3 Å². The molecule has 0 radical (unpaired) electrons. The third-order valence-corrected chi connectivity index (χ3v) is 6.91. The van der Waals surface area contributed by atoms with Crippen LogP contribution < -0.4 is 11.1 Å². The van der Waals surface area contributed by atoms with Crippen molar-refractivity contribution < 1.29 is 0 Å². The summed E-state index contributed by atoms with van der Waals surface area (Å²) < 4.78 is 1.58. The summed E-state index contributed by atoms with van der Waals surface area (Å²) in [6.45, 7) is 3.80. The van der Waals surface area contributed by atoms with Crippen molar-refractivity contribution in [1.82, 2.24) is 19.5 Å². The lowest BCUT2D eigenvalue weighted by atomic mass is 10.1. The Labute approximate surface area is 198 Å². The van der Waals surface area contributed by atoms with E-state index in [2.05, 4.69) is 9.97 Å². The minimum Gasteiger partial charge on any atom is -0.309 e. The van der Waals surface area contributed by atoms with Crippen LogP contribution >= 0.6 is 23.4 Å². The van der Waals surface area contributed by atoms with Crippen LogP contribution in [-0.2, 0) is 5.75 Å². The number of nitrogens with one attached hydrogen (secondary N) is 1. The van der Waals surface area contributed by atoms with Crippen LogP contribution in [-0.4, -0.2) is 19.5 Å². The van der Waals surface area contributed by atoms with Gasteiger partial charge in [0.15, 0.2) is 5.16 Å². The third kappa shape index (κ3) is 3.83. The van der Waals surface area contributed by atoms with Crippen LogP contribution in [0.1, 0.15) is 17.0 Å². The Hall–Kier alpha value is -3.42. The molecule has 0 aliphatic heterocycles. The normalized spacial score (nSPS) is 11.4. The number of aromatic amines is 1.